The van der Waals surface area contributed by atoms with Gasteiger partial charge in [0.05, 0.1) is 6.04 Å². The molecule has 2 unspecified atom stereocenters. The Morgan fingerprint density at radius 2 is 2.30 bits per heavy atom. The standard InChI is InChI=1S/C16H24N2O2/c1-4-16(2,20-3)15(19)18-14-7-5-6-11-10-12(17)8-9-13(11)14/h8-10,14H,4-7,17H2,1-3H3,(H,18,19). The first-order valence-electron chi connectivity index (χ1n) is 7.24. The van der Waals surface area contributed by atoms with Crippen molar-refractivity contribution in [1.29, 1.82) is 0 Å². The first-order chi connectivity index (χ1) is 9.50. The summed E-state index contributed by atoms with van der Waals surface area (Å²) in [6, 6.07) is 6.01. The Hall–Kier alpha value is -1.55. The average molecular weight is 276 g/mol. The fourth-order valence-electron chi connectivity index (χ4n) is 2.69. The summed E-state index contributed by atoms with van der Waals surface area (Å²) in [6.45, 7) is 3.79. The van der Waals surface area contributed by atoms with Crippen LogP contribution < -0.4 is 11.1 Å². The number of methoxy groups -OCH3 is 1. The summed E-state index contributed by atoms with van der Waals surface area (Å²) < 4.78 is 5.37. The van der Waals surface area contributed by atoms with Gasteiger partial charge in [0.15, 0.2) is 0 Å². The van der Waals surface area contributed by atoms with Gasteiger partial charge in [-0.1, -0.05) is 13.0 Å². The molecule has 1 amide bonds. The second-order valence-electron chi connectivity index (χ2n) is 5.67. The van der Waals surface area contributed by atoms with E-state index >= 15 is 0 Å². The number of ether oxygens (including phenoxy) is 1. The molecule has 1 aliphatic rings. The molecule has 1 aliphatic carbocycles. The molecule has 0 heterocycles. The number of aryl methyl sites for hydroxylation is 1. The van der Waals surface area contributed by atoms with Crippen LogP contribution >= 0.6 is 0 Å². The third-order valence-corrected chi connectivity index (χ3v) is 4.39. The minimum atomic E-state index is -0.759. The van der Waals surface area contributed by atoms with Crippen molar-refractivity contribution in [2.75, 3.05) is 12.8 Å². The molecule has 0 fully saturated rings. The summed E-state index contributed by atoms with van der Waals surface area (Å²) >= 11 is 0. The summed E-state index contributed by atoms with van der Waals surface area (Å²) in [5.41, 5.74) is 8.29. The first-order valence-corrected chi connectivity index (χ1v) is 7.24. The highest BCUT2D eigenvalue weighted by Gasteiger charge is 2.33. The molecule has 2 rings (SSSR count). The number of nitrogens with two attached hydrogens (primary N) is 1. The van der Waals surface area contributed by atoms with Crippen molar-refractivity contribution >= 4 is 11.6 Å². The molecule has 0 saturated carbocycles. The van der Waals surface area contributed by atoms with E-state index in [1.165, 1.54) is 11.1 Å². The summed E-state index contributed by atoms with van der Waals surface area (Å²) in [5, 5.41) is 3.13. The number of nitrogen functional groups attached to an aromatic ring is 1. The van der Waals surface area contributed by atoms with Crippen LogP contribution in [0, 0.1) is 0 Å². The molecule has 0 spiro atoms. The number of carbonyl (C=O) groups excluding carboxylic acids is 1. The molecule has 4 heteroatoms. The van der Waals surface area contributed by atoms with E-state index in [-0.39, 0.29) is 11.9 Å². The maximum Gasteiger partial charge on any atom is 0.252 e. The van der Waals surface area contributed by atoms with Gasteiger partial charge in [-0.2, -0.15) is 0 Å². The van der Waals surface area contributed by atoms with Crippen molar-refractivity contribution in [2.24, 2.45) is 0 Å². The minimum Gasteiger partial charge on any atom is -0.399 e. The highest BCUT2D eigenvalue weighted by Crippen LogP contribution is 2.31. The molecule has 0 radical (unpaired) electrons. The van der Waals surface area contributed by atoms with Gasteiger partial charge in [-0.15, -0.1) is 0 Å². The summed E-state index contributed by atoms with van der Waals surface area (Å²) in [4.78, 5) is 12.4. The molecule has 0 saturated heterocycles. The highest BCUT2D eigenvalue weighted by atomic mass is 16.5. The summed E-state index contributed by atoms with van der Waals surface area (Å²) in [6.07, 6.45) is 3.71. The number of amides is 1. The van der Waals surface area contributed by atoms with Gasteiger partial charge in [0, 0.05) is 12.8 Å². The van der Waals surface area contributed by atoms with E-state index in [2.05, 4.69) is 5.32 Å². The number of anilines is 1. The van der Waals surface area contributed by atoms with Crippen LogP contribution in [-0.2, 0) is 16.0 Å². The van der Waals surface area contributed by atoms with Crippen molar-refractivity contribution in [3.8, 4) is 0 Å². The van der Waals surface area contributed by atoms with Crippen LogP contribution in [0.1, 0.15) is 50.3 Å². The van der Waals surface area contributed by atoms with Crippen molar-refractivity contribution in [2.45, 2.75) is 51.2 Å². The molecule has 2 atom stereocenters. The molecule has 0 aromatic heterocycles. The zero-order valence-corrected chi connectivity index (χ0v) is 12.5. The van der Waals surface area contributed by atoms with Gasteiger partial charge in [-0.25, -0.2) is 0 Å². The van der Waals surface area contributed by atoms with Gasteiger partial charge < -0.3 is 15.8 Å². The molecule has 1 aromatic carbocycles. The fourth-order valence-corrected chi connectivity index (χ4v) is 2.69. The molecule has 0 aliphatic heterocycles. The number of benzene rings is 1. The fraction of sp³-hybridized carbons (Fsp3) is 0.562. The third-order valence-electron chi connectivity index (χ3n) is 4.39. The highest BCUT2D eigenvalue weighted by molar-refractivity contribution is 5.85. The lowest BCUT2D eigenvalue weighted by molar-refractivity contribution is -0.142. The lowest BCUT2D eigenvalue weighted by Crippen LogP contribution is -2.47. The van der Waals surface area contributed by atoms with E-state index in [4.69, 9.17) is 10.5 Å². The Labute approximate surface area is 120 Å². The summed E-state index contributed by atoms with van der Waals surface area (Å²) in [7, 11) is 1.58. The van der Waals surface area contributed by atoms with Gasteiger partial charge in [-0.3, -0.25) is 4.79 Å². The van der Waals surface area contributed by atoms with Crippen molar-refractivity contribution < 1.29 is 9.53 Å². The molecule has 20 heavy (non-hydrogen) atoms. The topological polar surface area (TPSA) is 64.3 Å². The van der Waals surface area contributed by atoms with Crippen LogP contribution in [-0.4, -0.2) is 18.6 Å². The Morgan fingerprint density at radius 3 is 2.95 bits per heavy atom. The smallest absolute Gasteiger partial charge is 0.252 e. The number of fused-ring (bicyclic) bond motifs is 1. The van der Waals surface area contributed by atoms with Crippen LogP contribution in [0.3, 0.4) is 0 Å². The molecular formula is C16H24N2O2. The normalized spacial score (nSPS) is 20.9. The van der Waals surface area contributed by atoms with E-state index in [9.17, 15) is 4.79 Å². The van der Waals surface area contributed by atoms with Gasteiger partial charge in [0.2, 0.25) is 0 Å². The van der Waals surface area contributed by atoms with Crippen LogP contribution in [0.15, 0.2) is 18.2 Å². The summed E-state index contributed by atoms with van der Waals surface area (Å²) in [5.74, 6) is -0.0443. The molecule has 3 N–H and O–H groups in total. The third kappa shape index (κ3) is 2.80. The Balaban J connectivity index is 2.18. The zero-order valence-electron chi connectivity index (χ0n) is 12.5. The molecule has 4 nitrogen and oxygen atoms in total. The van der Waals surface area contributed by atoms with Crippen molar-refractivity contribution in [1.82, 2.24) is 5.32 Å². The monoisotopic (exact) mass is 276 g/mol. The lowest BCUT2D eigenvalue weighted by Gasteiger charge is -2.31. The molecule has 1 aromatic rings. The van der Waals surface area contributed by atoms with Crippen molar-refractivity contribution in [3.05, 3.63) is 29.3 Å². The van der Waals surface area contributed by atoms with Gasteiger partial charge in [0.1, 0.15) is 5.60 Å². The number of nitrogens with one attached hydrogen (secondary N) is 1. The minimum absolute atomic E-state index is 0.0443. The second-order valence-corrected chi connectivity index (χ2v) is 5.67. The van der Waals surface area contributed by atoms with Gasteiger partial charge in [0.25, 0.3) is 5.91 Å². The molecular weight excluding hydrogens is 252 g/mol. The quantitative estimate of drug-likeness (QED) is 0.831. The Kier molecular flexibility index (Phi) is 4.33. The van der Waals surface area contributed by atoms with Crippen LogP contribution in [0.5, 0.6) is 0 Å². The van der Waals surface area contributed by atoms with E-state index in [0.29, 0.717) is 6.42 Å². The first kappa shape index (κ1) is 14.9. The largest absolute Gasteiger partial charge is 0.399 e. The maximum absolute atomic E-state index is 12.4. The van der Waals surface area contributed by atoms with Crippen LogP contribution in [0.2, 0.25) is 0 Å². The van der Waals surface area contributed by atoms with Gasteiger partial charge in [-0.05, 0) is 55.9 Å². The number of carbonyl (C=O) groups is 1. The van der Waals surface area contributed by atoms with E-state index in [0.717, 1.165) is 24.9 Å². The Morgan fingerprint density at radius 1 is 1.55 bits per heavy atom. The SMILES string of the molecule is CCC(C)(OC)C(=O)NC1CCCc2cc(N)ccc21. The number of hydrogen-bond acceptors (Lipinski definition) is 3. The van der Waals surface area contributed by atoms with Gasteiger partial charge >= 0.3 is 0 Å². The van der Waals surface area contributed by atoms with Crippen LogP contribution in [0.4, 0.5) is 5.69 Å². The predicted octanol–water partition coefficient (Wildman–Crippen LogP) is 2.58. The Bertz CT molecular complexity index is 495. The van der Waals surface area contributed by atoms with E-state index < -0.39 is 5.60 Å². The maximum atomic E-state index is 12.4. The lowest BCUT2D eigenvalue weighted by atomic mass is 9.86. The molecule has 110 valence electrons. The number of hydrogen-bond donors (Lipinski definition) is 2. The van der Waals surface area contributed by atoms with E-state index in [1.807, 2.05) is 32.0 Å². The predicted molar refractivity (Wildman–Crippen MR) is 80.4 cm³/mol. The zero-order chi connectivity index (χ0) is 14.8. The van der Waals surface area contributed by atoms with E-state index in [1.54, 1.807) is 7.11 Å². The second kappa shape index (κ2) is 5.83. The number of rotatable bonds is 4. The average Bonchev–Trinajstić information content (AvgIpc) is 2.46. The van der Waals surface area contributed by atoms with Crippen LogP contribution in [0.25, 0.3) is 0 Å². The van der Waals surface area contributed by atoms with Crippen molar-refractivity contribution in [3.63, 3.8) is 0 Å². The molecule has 0 bridgehead atoms.